The number of piperazine rings is 1. The average Bonchev–Trinajstić information content (AvgIpc) is 3.36. The van der Waals surface area contributed by atoms with Gasteiger partial charge >= 0.3 is 6.03 Å². The van der Waals surface area contributed by atoms with Crippen molar-refractivity contribution in [2.24, 2.45) is 0 Å². The first-order chi connectivity index (χ1) is 17.5. The Labute approximate surface area is 207 Å². The number of nitrogens with zero attached hydrogens (tertiary/aromatic N) is 2. The fraction of sp³-hybridized carbons (Fsp3) is 0.269. The zero-order chi connectivity index (χ0) is 25.5. The van der Waals surface area contributed by atoms with Crippen molar-refractivity contribution >= 4 is 46.5 Å². The predicted octanol–water partition coefficient (Wildman–Crippen LogP) is 2.44. The number of para-hydroxylation sites is 1. The molecule has 1 fully saturated rings. The molecule has 2 heterocycles. The van der Waals surface area contributed by atoms with Crippen molar-refractivity contribution in [3.8, 4) is 0 Å². The van der Waals surface area contributed by atoms with Gasteiger partial charge in [-0.1, -0.05) is 30.3 Å². The third-order valence-electron chi connectivity index (χ3n) is 6.06. The molecule has 0 aliphatic carbocycles. The summed E-state index contributed by atoms with van der Waals surface area (Å²) in [7, 11) is 0. The summed E-state index contributed by atoms with van der Waals surface area (Å²) in [5, 5.41) is 5.91. The first-order valence-electron chi connectivity index (χ1n) is 11.8. The molecule has 0 saturated carbocycles. The van der Waals surface area contributed by atoms with E-state index in [1.807, 2.05) is 6.07 Å². The lowest BCUT2D eigenvalue weighted by Gasteiger charge is -2.34. The van der Waals surface area contributed by atoms with E-state index in [4.69, 9.17) is 0 Å². The van der Waals surface area contributed by atoms with Crippen LogP contribution in [-0.2, 0) is 9.59 Å². The van der Waals surface area contributed by atoms with Crippen LogP contribution in [-0.4, -0.2) is 77.4 Å². The Morgan fingerprint density at radius 3 is 2.36 bits per heavy atom. The fourth-order valence-corrected chi connectivity index (χ4v) is 4.13. The summed E-state index contributed by atoms with van der Waals surface area (Å²) in [5.74, 6) is -1.38. The van der Waals surface area contributed by atoms with Crippen molar-refractivity contribution in [3.63, 3.8) is 0 Å². The highest BCUT2D eigenvalue weighted by Gasteiger charge is 2.30. The number of nitrogens with one attached hydrogen (secondary N) is 3. The van der Waals surface area contributed by atoms with E-state index in [-0.39, 0.29) is 24.6 Å². The Morgan fingerprint density at radius 1 is 0.917 bits per heavy atom. The molecule has 0 spiro atoms. The normalized spacial score (nSPS) is 13.3. The minimum absolute atomic E-state index is 0.0986. The Kier molecular flexibility index (Phi) is 7.74. The van der Waals surface area contributed by atoms with Gasteiger partial charge in [0.15, 0.2) is 0 Å². The number of amides is 4. The van der Waals surface area contributed by atoms with Gasteiger partial charge in [0.2, 0.25) is 0 Å². The maximum absolute atomic E-state index is 13.1. The molecule has 0 radical (unpaired) electrons. The number of Topliss-reactive ketones (excluding diaryl/α,β-unsaturated/α-hetero) is 1. The third-order valence-corrected chi connectivity index (χ3v) is 6.06. The molecule has 1 aromatic heterocycles. The minimum atomic E-state index is -0.653. The van der Waals surface area contributed by atoms with Gasteiger partial charge < -0.3 is 30.2 Å². The summed E-state index contributed by atoms with van der Waals surface area (Å²) in [6, 6.07) is 13.6. The highest BCUT2D eigenvalue weighted by molar-refractivity contribution is 6.45. The minimum Gasteiger partial charge on any atom is -0.359 e. The van der Waals surface area contributed by atoms with Gasteiger partial charge in [-0.2, -0.15) is 0 Å². The van der Waals surface area contributed by atoms with E-state index in [0.717, 1.165) is 6.29 Å². The van der Waals surface area contributed by atoms with Gasteiger partial charge in [0, 0.05) is 56.3 Å². The number of carbonyl (C=O) groups is 5. The quantitative estimate of drug-likeness (QED) is 0.194. The number of H-pyrrole nitrogens is 1. The molecule has 2 aromatic carbocycles. The molecule has 4 rings (SSSR count). The van der Waals surface area contributed by atoms with E-state index in [1.54, 1.807) is 47.4 Å². The number of anilines is 1. The van der Waals surface area contributed by atoms with Crippen molar-refractivity contribution in [2.45, 2.75) is 12.8 Å². The van der Waals surface area contributed by atoms with Gasteiger partial charge in [-0.15, -0.1) is 0 Å². The second-order valence-corrected chi connectivity index (χ2v) is 8.40. The van der Waals surface area contributed by atoms with Crippen LogP contribution >= 0.6 is 0 Å². The van der Waals surface area contributed by atoms with Gasteiger partial charge in [-0.3, -0.25) is 14.4 Å². The molecular formula is C26H27N5O5. The number of aromatic nitrogens is 1. The molecule has 4 amide bonds. The van der Waals surface area contributed by atoms with Crippen molar-refractivity contribution in [2.75, 3.05) is 38.0 Å². The number of benzene rings is 2. The molecule has 0 atom stereocenters. The van der Waals surface area contributed by atoms with Crippen LogP contribution in [0.25, 0.3) is 10.9 Å². The summed E-state index contributed by atoms with van der Waals surface area (Å²) >= 11 is 0. The lowest BCUT2D eigenvalue weighted by Crippen LogP contribution is -2.52. The van der Waals surface area contributed by atoms with E-state index in [9.17, 15) is 24.0 Å². The highest BCUT2D eigenvalue weighted by Crippen LogP contribution is 2.26. The molecular weight excluding hydrogens is 462 g/mol. The van der Waals surface area contributed by atoms with E-state index >= 15 is 0 Å². The molecule has 186 valence electrons. The smallest absolute Gasteiger partial charge is 0.319 e. The number of ketones is 1. The Hall–Kier alpha value is -4.47. The topological polar surface area (TPSA) is 132 Å². The Balaban J connectivity index is 1.39. The second-order valence-electron chi connectivity index (χ2n) is 8.40. The van der Waals surface area contributed by atoms with E-state index < -0.39 is 17.7 Å². The molecule has 10 nitrogen and oxygen atoms in total. The van der Waals surface area contributed by atoms with Crippen LogP contribution in [0.3, 0.4) is 0 Å². The standard InChI is InChI=1S/C26H27N5O5/c32-16-5-4-11-27-26(36)29-21-10-6-9-19-20(17-28-22(19)21)23(33)25(35)31-14-12-30(13-15-31)24(34)18-7-2-1-3-8-18/h1-3,6-10,16-17,28H,4-5,11-15H2,(H2,27,29,36). The molecule has 3 N–H and O–H groups in total. The number of hydrogen-bond acceptors (Lipinski definition) is 5. The SMILES string of the molecule is O=CCCCNC(=O)Nc1cccc2c(C(=O)C(=O)N3CCN(C(=O)c4ccccc4)CC3)c[nH]c12. The monoisotopic (exact) mass is 489 g/mol. The summed E-state index contributed by atoms with van der Waals surface area (Å²) in [5.41, 5.74) is 1.79. The van der Waals surface area contributed by atoms with Gasteiger partial charge in [-0.25, -0.2) is 4.79 Å². The van der Waals surface area contributed by atoms with Crippen molar-refractivity contribution < 1.29 is 24.0 Å². The summed E-state index contributed by atoms with van der Waals surface area (Å²) in [6.45, 7) is 1.58. The van der Waals surface area contributed by atoms with E-state index in [1.165, 1.54) is 11.1 Å². The first kappa shape index (κ1) is 24.6. The fourth-order valence-electron chi connectivity index (χ4n) is 4.13. The van der Waals surface area contributed by atoms with Crippen LogP contribution < -0.4 is 10.6 Å². The van der Waals surface area contributed by atoms with Crippen molar-refractivity contribution in [3.05, 3.63) is 65.9 Å². The maximum Gasteiger partial charge on any atom is 0.319 e. The van der Waals surface area contributed by atoms with E-state index in [0.29, 0.717) is 54.6 Å². The summed E-state index contributed by atoms with van der Waals surface area (Å²) in [4.78, 5) is 67.4. The van der Waals surface area contributed by atoms with Gasteiger partial charge in [0.25, 0.3) is 17.6 Å². The molecule has 0 bridgehead atoms. The average molecular weight is 490 g/mol. The number of urea groups is 1. The van der Waals surface area contributed by atoms with Crippen LogP contribution in [0.15, 0.2) is 54.7 Å². The molecule has 1 saturated heterocycles. The number of hydrogen-bond donors (Lipinski definition) is 3. The molecule has 3 aromatic rings. The number of unbranched alkanes of at least 4 members (excludes halogenated alkanes) is 1. The lowest BCUT2D eigenvalue weighted by atomic mass is 10.1. The van der Waals surface area contributed by atoms with Gasteiger partial charge in [0.05, 0.1) is 16.8 Å². The first-order valence-corrected chi connectivity index (χ1v) is 11.8. The van der Waals surface area contributed by atoms with Crippen molar-refractivity contribution in [1.82, 2.24) is 20.1 Å². The van der Waals surface area contributed by atoms with Crippen LogP contribution in [0.1, 0.15) is 33.6 Å². The second kappa shape index (κ2) is 11.3. The van der Waals surface area contributed by atoms with Gasteiger partial charge in [0.1, 0.15) is 6.29 Å². The highest BCUT2D eigenvalue weighted by atomic mass is 16.2. The molecule has 1 aliphatic heterocycles. The third kappa shape index (κ3) is 5.43. The predicted molar refractivity (Wildman–Crippen MR) is 134 cm³/mol. The Morgan fingerprint density at radius 2 is 1.64 bits per heavy atom. The van der Waals surface area contributed by atoms with E-state index in [2.05, 4.69) is 15.6 Å². The van der Waals surface area contributed by atoms with Crippen LogP contribution in [0.5, 0.6) is 0 Å². The van der Waals surface area contributed by atoms with Crippen LogP contribution in [0, 0.1) is 0 Å². The zero-order valence-corrected chi connectivity index (χ0v) is 19.7. The largest absolute Gasteiger partial charge is 0.359 e. The number of aldehydes is 1. The summed E-state index contributed by atoms with van der Waals surface area (Å²) in [6.07, 6.45) is 3.17. The van der Waals surface area contributed by atoms with Crippen molar-refractivity contribution in [1.29, 1.82) is 0 Å². The number of rotatable bonds is 8. The van der Waals surface area contributed by atoms with Crippen LogP contribution in [0.4, 0.5) is 10.5 Å². The number of fused-ring (bicyclic) bond motifs is 1. The zero-order valence-electron chi connectivity index (χ0n) is 19.7. The number of carbonyl (C=O) groups excluding carboxylic acids is 5. The molecule has 36 heavy (non-hydrogen) atoms. The molecule has 0 unspecified atom stereocenters. The molecule has 1 aliphatic rings. The van der Waals surface area contributed by atoms with Gasteiger partial charge in [-0.05, 0) is 24.6 Å². The lowest BCUT2D eigenvalue weighted by molar-refractivity contribution is -0.127. The number of aromatic amines is 1. The van der Waals surface area contributed by atoms with Crippen LogP contribution in [0.2, 0.25) is 0 Å². The maximum atomic E-state index is 13.1. The Bertz CT molecular complexity index is 1280. The molecule has 10 heteroatoms. The summed E-state index contributed by atoms with van der Waals surface area (Å²) < 4.78 is 0.